The van der Waals surface area contributed by atoms with E-state index in [0.29, 0.717) is 6.61 Å². The van der Waals surface area contributed by atoms with E-state index in [2.05, 4.69) is 44.1 Å². The van der Waals surface area contributed by atoms with Crippen LogP contribution < -0.4 is 10.1 Å². The van der Waals surface area contributed by atoms with Crippen LogP contribution in [0.1, 0.15) is 18.9 Å². The van der Waals surface area contributed by atoms with E-state index in [1.54, 1.807) is 0 Å². The first-order valence-corrected chi connectivity index (χ1v) is 9.03. The predicted octanol–water partition coefficient (Wildman–Crippen LogP) is 3.29. The summed E-state index contributed by atoms with van der Waals surface area (Å²) in [4.78, 5) is 12.5. The molecular formula is C15H19Br2NO2. The fourth-order valence-electron chi connectivity index (χ4n) is 2.24. The maximum absolute atomic E-state index is 12.5. The van der Waals surface area contributed by atoms with E-state index in [1.807, 2.05) is 24.3 Å². The van der Waals surface area contributed by atoms with Gasteiger partial charge in [-0.2, -0.15) is 0 Å². The van der Waals surface area contributed by atoms with Crippen molar-refractivity contribution in [3.63, 3.8) is 0 Å². The molecule has 0 radical (unpaired) electrons. The van der Waals surface area contributed by atoms with Crippen LogP contribution in [-0.2, 0) is 11.2 Å². The lowest BCUT2D eigenvalue weighted by molar-refractivity contribution is -0.127. The molecule has 0 spiro atoms. The zero-order valence-corrected chi connectivity index (χ0v) is 14.7. The van der Waals surface area contributed by atoms with E-state index in [-0.39, 0.29) is 17.4 Å². The van der Waals surface area contributed by atoms with Crippen LogP contribution in [0.15, 0.2) is 24.3 Å². The van der Waals surface area contributed by atoms with Crippen molar-refractivity contribution >= 4 is 37.8 Å². The van der Waals surface area contributed by atoms with E-state index in [1.165, 1.54) is 0 Å². The number of amides is 1. The summed E-state index contributed by atoms with van der Waals surface area (Å²) in [6, 6.07) is 7.92. The molecule has 110 valence electrons. The van der Waals surface area contributed by atoms with Gasteiger partial charge in [0.15, 0.2) is 0 Å². The third-order valence-corrected chi connectivity index (χ3v) is 5.97. The lowest BCUT2D eigenvalue weighted by Crippen LogP contribution is -2.54. The van der Waals surface area contributed by atoms with Gasteiger partial charge in [-0.3, -0.25) is 4.79 Å². The molecule has 1 aromatic rings. The van der Waals surface area contributed by atoms with Gasteiger partial charge in [0.05, 0.1) is 11.5 Å². The van der Waals surface area contributed by atoms with Gasteiger partial charge in [0.2, 0.25) is 5.91 Å². The largest absolute Gasteiger partial charge is 0.492 e. The average Bonchev–Trinajstić information content (AvgIpc) is 2.52. The Kier molecular flexibility index (Phi) is 5.49. The molecule has 0 fully saturated rings. The van der Waals surface area contributed by atoms with Gasteiger partial charge in [0.1, 0.15) is 12.4 Å². The lowest BCUT2D eigenvalue weighted by Gasteiger charge is -2.33. The van der Waals surface area contributed by atoms with Gasteiger partial charge in [-0.25, -0.2) is 0 Å². The van der Waals surface area contributed by atoms with E-state index in [4.69, 9.17) is 4.74 Å². The van der Waals surface area contributed by atoms with Gasteiger partial charge in [-0.05, 0) is 24.5 Å². The number of hydrogen-bond donors (Lipinski definition) is 1. The normalized spacial score (nSPS) is 18.1. The number of carbonyl (C=O) groups is 1. The van der Waals surface area contributed by atoms with Gasteiger partial charge >= 0.3 is 0 Å². The summed E-state index contributed by atoms with van der Waals surface area (Å²) in [5.74, 6) is 0.855. The minimum Gasteiger partial charge on any atom is -0.492 e. The smallest absolute Gasteiger partial charge is 0.227 e. The fraction of sp³-hybridized carbons (Fsp3) is 0.533. The summed E-state index contributed by atoms with van der Waals surface area (Å²) in [5.41, 5.74) is 0.882. The molecule has 0 saturated heterocycles. The van der Waals surface area contributed by atoms with Crippen molar-refractivity contribution < 1.29 is 9.53 Å². The molecular weight excluding hydrogens is 386 g/mol. The van der Waals surface area contributed by atoms with Crippen molar-refractivity contribution in [1.29, 1.82) is 0 Å². The number of rotatable bonds is 5. The lowest BCUT2D eigenvalue weighted by atomic mass is 9.94. The molecule has 1 amide bonds. The highest BCUT2D eigenvalue weighted by molar-refractivity contribution is 9.09. The SMILES string of the molecule is CCC(CBr)(CBr)NC(=O)C1COc2ccccc2C1. The molecule has 2 rings (SSSR count). The van der Waals surface area contributed by atoms with Crippen molar-refractivity contribution in [2.75, 3.05) is 17.3 Å². The molecule has 1 unspecified atom stereocenters. The maximum atomic E-state index is 12.5. The third kappa shape index (κ3) is 3.37. The number of halogens is 2. The topological polar surface area (TPSA) is 38.3 Å². The fourth-order valence-corrected chi connectivity index (χ4v) is 4.24. The number of para-hydroxylation sites is 1. The van der Waals surface area contributed by atoms with Crippen LogP contribution in [0, 0.1) is 5.92 Å². The predicted molar refractivity (Wildman–Crippen MR) is 87.9 cm³/mol. The van der Waals surface area contributed by atoms with E-state index >= 15 is 0 Å². The summed E-state index contributed by atoms with van der Waals surface area (Å²) in [5, 5.41) is 4.63. The second kappa shape index (κ2) is 6.94. The number of hydrogen-bond acceptors (Lipinski definition) is 2. The van der Waals surface area contributed by atoms with Gasteiger partial charge < -0.3 is 10.1 Å². The molecule has 0 aliphatic carbocycles. The van der Waals surface area contributed by atoms with Crippen LogP contribution in [-0.4, -0.2) is 28.7 Å². The Hall–Kier alpha value is -0.550. The number of benzene rings is 1. The first-order valence-electron chi connectivity index (χ1n) is 6.79. The molecule has 0 saturated carbocycles. The van der Waals surface area contributed by atoms with Gasteiger partial charge in [-0.15, -0.1) is 0 Å². The zero-order chi connectivity index (χ0) is 14.6. The molecule has 1 atom stereocenters. The molecule has 1 heterocycles. The Bertz CT molecular complexity index is 466. The molecule has 1 aromatic carbocycles. The highest BCUT2D eigenvalue weighted by Gasteiger charge is 2.32. The number of fused-ring (bicyclic) bond motifs is 1. The van der Waals surface area contributed by atoms with Crippen molar-refractivity contribution in [3.05, 3.63) is 29.8 Å². The van der Waals surface area contributed by atoms with Crippen LogP contribution in [0.25, 0.3) is 0 Å². The van der Waals surface area contributed by atoms with Crippen LogP contribution in [0.5, 0.6) is 5.75 Å². The first-order chi connectivity index (χ1) is 9.64. The Morgan fingerprint density at radius 3 is 2.75 bits per heavy atom. The monoisotopic (exact) mass is 403 g/mol. The maximum Gasteiger partial charge on any atom is 0.227 e. The molecule has 5 heteroatoms. The second-order valence-electron chi connectivity index (χ2n) is 5.21. The van der Waals surface area contributed by atoms with E-state index < -0.39 is 0 Å². The van der Waals surface area contributed by atoms with E-state index in [0.717, 1.165) is 34.8 Å². The number of nitrogens with one attached hydrogen (secondary N) is 1. The highest BCUT2D eigenvalue weighted by atomic mass is 79.9. The van der Waals surface area contributed by atoms with Gasteiger partial charge in [0, 0.05) is 10.7 Å². The van der Waals surface area contributed by atoms with Gasteiger partial charge in [-0.1, -0.05) is 57.0 Å². The Balaban J connectivity index is 2.05. The summed E-state index contributed by atoms with van der Waals surface area (Å²) in [6.45, 7) is 2.53. The number of alkyl halides is 2. The second-order valence-corrected chi connectivity index (χ2v) is 6.33. The summed E-state index contributed by atoms with van der Waals surface area (Å²) in [7, 11) is 0. The number of carbonyl (C=O) groups excluding carboxylic acids is 1. The molecule has 1 aliphatic heterocycles. The molecule has 20 heavy (non-hydrogen) atoms. The Morgan fingerprint density at radius 1 is 1.40 bits per heavy atom. The Labute approximate surface area is 136 Å². The quantitative estimate of drug-likeness (QED) is 0.764. The summed E-state index contributed by atoms with van der Waals surface area (Å²) < 4.78 is 5.69. The van der Waals surface area contributed by atoms with Crippen LogP contribution in [0.2, 0.25) is 0 Å². The molecule has 1 aliphatic rings. The molecule has 1 N–H and O–H groups in total. The third-order valence-electron chi connectivity index (χ3n) is 3.83. The molecule has 0 bridgehead atoms. The standard InChI is InChI=1S/C15H19Br2NO2/c1-2-15(9-16,10-17)18-14(19)12-7-11-5-3-4-6-13(11)20-8-12/h3-6,12H,2,7-10H2,1H3,(H,18,19). The van der Waals surface area contributed by atoms with Crippen molar-refractivity contribution in [2.24, 2.45) is 5.92 Å². The summed E-state index contributed by atoms with van der Waals surface area (Å²) >= 11 is 6.99. The minimum atomic E-state index is -0.228. The summed E-state index contributed by atoms with van der Waals surface area (Å²) in [6.07, 6.45) is 1.62. The van der Waals surface area contributed by atoms with E-state index in [9.17, 15) is 4.79 Å². The molecule has 3 nitrogen and oxygen atoms in total. The van der Waals surface area contributed by atoms with Crippen molar-refractivity contribution in [3.8, 4) is 5.75 Å². The zero-order valence-electron chi connectivity index (χ0n) is 11.5. The first kappa shape index (κ1) is 15.8. The highest BCUT2D eigenvalue weighted by Crippen LogP contribution is 2.27. The van der Waals surface area contributed by atoms with Crippen molar-refractivity contribution in [2.45, 2.75) is 25.3 Å². The van der Waals surface area contributed by atoms with Gasteiger partial charge in [0.25, 0.3) is 0 Å². The minimum absolute atomic E-state index is 0.0697. The molecule has 0 aromatic heterocycles. The average molecular weight is 405 g/mol. The van der Waals surface area contributed by atoms with Crippen LogP contribution in [0.4, 0.5) is 0 Å². The van der Waals surface area contributed by atoms with Crippen LogP contribution in [0.3, 0.4) is 0 Å². The van der Waals surface area contributed by atoms with Crippen LogP contribution >= 0.6 is 31.9 Å². The Morgan fingerprint density at radius 2 is 2.10 bits per heavy atom. The van der Waals surface area contributed by atoms with Crippen molar-refractivity contribution in [1.82, 2.24) is 5.32 Å². The number of ether oxygens (including phenoxy) is 1.